The largest absolute Gasteiger partial charge is 0.462 e. The van der Waals surface area contributed by atoms with Gasteiger partial charge >= 0.3 is 5.97 Å². The maximum absolute atomic E-state index is 12.1. The number of carbonyl (C=O) groups is 1. The Morgan fingerprint density at radius 3 is 2.32 bits per heavy atom. The van der Waals surface area contributed by atoms with E-state index in [1.165, 1.54) is 6.92 Å². The van der Waals surface area contributed by atoms with E-state index in [2.05, 4.69) is 40.7 Å². The summed E-state index contributed by atoms with van der Waals surface area (Å²) in [4.78, 5) is 11.9. The lowest BCUT2D eigenvalue weighted by Gasteiger charge is -2.65. The molecule has 0 aromatic heterocycles. The van der Waals surface area contributed by atoms with Gasteiger partial charge in [-0.3, -0.25) is 4.79 Å². The molecule has 0 aromatic rings. The van der Waals surface area contributed by atoms with Crippen molar-refractivity contribution in [2.24, 2.45) is 50.7 Å². The number of aliphatic hydroxyl groups is 4. The Morgan fingerprint density at radius 1 is 1.03 bits per heavy atom. The highest BCUT2D eigenvalue weighted by atomic mass is 16.5. The van der Waals surface area contributed by atoms with Gasteiger partial charge in [0.2, 0.25) is 0 Å². The minimum absolute atomic E-state index is 0.0103. The van der Waals surface area contributed by atoms with Crippen molar-refractivity contribution in [2.45, 2.75) is 124 Å². The minimum atomic E-state index is -0.546. The summed E-state index contributed by atoms with van der Waals surface area (Å²) in [6.45, 7) is 14.7. The van der Waals surface area contributed by atoms with Crippen LogP contribution in [0, 0.1) is 50.7 Å². The maximum Gasteiger partial charge on any atom is 0.302 e. The second-order valence-electron chi connectivity index (χ2n) is 15.2. The quantitative estimate of drug-likeness (QED) is 0.294. The van der Waals surface area contributed by atoms with E-state index >= 15 is 0 Å². The lowest BCUT2D eigenvalue weighted by atomic mass is 9.40. The van der Waals surface area contributed by atoms with Crippen LogP contribution in [0.15, 0.2) is 11.6 Å². The Bertz CT molecular complexity index is 990. The Kier molecular flexibility index (Phi) is 6.79. The first kappa shape index (κ1) is 28.6. The summed E-state index contributed by atoms with van der Waals surface area (Å²) in [5.74, 6) is 0.553. The molecule has 0 saturated heterocycles. The van der Waals surface area contributed by atoms with E-state index in [0.717, 1.165) is 37.7 Å². The third-order valence-electron chi connectivity index (χ3n) is 13.5. The third-order valence-corrected chi connectivity index (χ3v) is 13.5. The van der Waals surface area contributed by atoms with Crippen molar-refractivity contribution < 1.29 is 30.0 Å². The van der Waals surface area contributed by atoms with Crippen molar-refractivity contribution in [3.8, 4) is 0 Å². The molecule has 5 fully saturated rings. The number of fused-ring (bicyclic) bond motifs is 2. The smallest absolute Gasteiger partial charge is 0.302 e. The highest BCUT2D eigenvalue weighted by Gasteiger charge is 2.86. The number of esters is 1. The predicted octanol–water partition coefficient (Wildman–Crippen LogP) is 4.62. The van der Waals surface area contributed by atoms with Crippen LogP contribution in [0.1, 0.15) is 99.8 Å². The SMILES string of the molecule is CC(=O)O[C@H]1C[C@H](O)[C@]23C[C@]24C[C@@H](O)[C@]2(C)[C@@H]([C@H](C)CC/C=C(\C)CO)[C@@H](O)C[C@@]2(C)[C@@H]4CC[C@H]3C1(C)C. The van der Waals surface area contributed by atoms with E-state index in [0.29, 0.717) is 25.2 Å². The van der Waals surface area contributed by atoms with Gasteiger partial charge in [0, 0.05) is 29.6 Å². The molecule has 0 radical (unpaired) electrons. The van der Waals surface area contributed by atoms with Gasteiger partial charge in [-0.2, -0.15) is 0 Å². The van der Waals surface area contributed by atoms with Crippen LogP contribution >= 0.6 is 0 Å². The summed E-state index contributed by atoms with van der Waals surface area (Å²) in [6.07, 6.45) is 6.83. The average Bonchev–Trinajstić information content (AvgIpc) is 3.44. The molecule has 5 saturated carbocycles. The fraction of sp³-hybridized carbons (Fsp3) is 0.906. The molecule has 0 amide bonds. The molecular weight excluding hydrogens is 480 g/mol. The summed E-state index contributed by atoms with van der Waals surface area (Å²) in [5, 5.41) is 44.8. The van der Waals surface area contributed by atoms with Crippen molar-refractivity contribution in [3.63, 3.8) is 0 Å². The van der Waals surface area contributed by atoms with E-state index in [1.807, 2.05) is 6.92 Å². The highest BCUT2D eigenvalue weighted by Crippen LogP contribution is 2.89. The van der Waals surface area contributed by atoms with Crippen LogP contribution in [0.4, 0.5) is 0 Å². The Hall–Kier alpha value is -0.950. The van der Waals surface area contributed by atoms with Crippen molar-refractivity contribution in [3.05, 3.63) is 11.6 Å². The molecule has 4 N–H and O–H groups in total. The fourth-order valence-electron chi connectivity index (χ4n) is 11.7. The second-order valence-corrected chi connectivity index (χ2v) is 15.2. The van der Waals surface area contributed by atoms with E-state index in [-0.39, 0.29) is 58.1 Å². The fourth-order valence-corrected chi connectivity index (χ4v) is 11.7. The molecule has 0 heterocycles. The van der Waals surface area contributed by atoms with Crippen LogP contribution in [0.25, 0.3) is 0 Å². The summed E-state index contributed by atoms with van der Waals surface area (Å²) >= 11 is 0. The van der Waals surface area contributed by atoms with Gasteiger partial charge in [-0.05, 0) is 86.4 Å². The first-order valence-corrected chi connectivity index (χ1v) is 15.1. The van der Waals surface area contributed by atoms with Gasteiger partial charge in [0.05, 0.1) is 24.9 Å². The Morgan fingerprint density at radius 2 is 1.68 bits per heavy atom. The molecule has 5 rings (SSSR count). The van der Waals surface area contributed by atoms with E-state index in [9.17, 15) is 25.2 Å². The molecule has 12 atom stereocenters. The van der Waals surface area contributed by atoms with Crippen LogP contribution in [0.5, 0.6) is 0 Å². The standard InChI is InChI=1S/C32H52O6/c1-18(16-33)9-8-10-19(2)27-21(35)14-29(6)23-12-11-22-28(4,5)26(38-20(3)34)13-24(36)32(22)17-31(23,32)15-25(37)30(27,29)7/h9,19,21-27,33,35-37H,8,10-17H2,1-7H3/b18-9+/t19-,21+,22+,23+,24+,25-,26+,27+,29+,30-,31+,32-/m1/s1. The van der Waals surface area contributed by atoms with E-state index in [4.69, 9.17) is 4.74 Å². The zero-order valence-corrected chi connectivity index (χ0v) is 24.7. The molecule has 2 spiro atoms. The third kappa shape index (κ3) is 3.48. The number of rotatable bonds is 6. The molecular formula is C32H52O6. The molecule has 216 valence electrons. The number of allylic oxidation sites excluding steroid dienone is 1. The maximum atomic E-state index is 12.1. The van der Waals surface area contributed by atoms with Crippen LogP contribution in [0.3, 0.4) is 0 Å². The molecule has 0 aromatic carbocycles. The average molecular weight is 533 g/mol. The van der Waals surface area contributed by atoms with Crippen LogP contribution in [-0.2, 0) is 9.53 Å². The van der Waals surface area contributed by atoms with Gasteiger partial charge < -0.3 is 25.2 Å². The number of hydrogen-bond donors (Lipinski definition) is 4. The summed E-state index contributed by atoms with van der Waals surface area (Å²) < 4.78 is 5.76. The first-order chi connectivity index (χ1) is 17.6. The van der Waals surface area contributed by atoms with E-state index in [1.54, 1.807) is 0 Å². The number of carbonyl (C=O) groups excluding carboxylic acids is 1. The Labute approximate surface area is 229 Å². The molecule has 0 unspecified atom stereocenters. The van der Waals surface area contributed by atoms with Crippen LogP contribution < -0.4 is 0 Å². The molecule has 5 aliphatic rings. The zero-order valence-electron chi connectivity index (χ0n) is 24.7. The first-order valence-electron chi connectivity index (χ1n) is 15.1. The van der Waals surface area contributed by atoms with Crippen molar-refractivity contribution in [1.29, 1.82) is 0 Å². The topological polar surface area (TPSA) is 107 Å². The lowest BCUT2D eigenvalue weighted by molar-refractivity contribution is -0.227. The lowest BCUT2D eigenvalue weighted by Crippen LogP contribution is -2.64. The predicted molar refractivity (Wildman–Crippen MR) is 146 cm³/mol. The molecule has 5 aliphatic carbocycles. The molecule has 6 nitrogen and oxygen atoms in total. The summed E-state index contributed by atoms with van der Waals surface area (Å²) in [7, 11) is 0. The minimum Gasteiger partial charge on any atom is -0.462 e. The van der Waals surface area contributed by atoms with Gasteiger partial charge in [-0.25, -0.2) is 0 Å². The normalized spacial score (nSPS) is 51.8. The van der Waals surface area contributed by atoms with Crippen molar-refractivity contribution >= 4 is 5.97 Å². The van der Waals surface area contributed by atoms with Crippen LogP contribution in [-0.4, -0.2) is 57.4 Å². The Balaban J connectivity index is 1.46. The van der Waals surface area contributed by atoms with Crippen molar-refractivity contribution in [1.82, 2.24) is 0 Å². The summed E-state index contributed by atoms with van der Waals surface area (Å²) in [5.41, 5.74) is -0.254. The van der Waals surface area contributed by atoms with Gasteiger partial charge in [0.25, 0.3) is 0 Å². The van der Waals surface area contributed by atoms with Gasteiger partial charge in [-0.1, -0.05) is 46.3 Å². The molecule has 38 heavy (non-hydrogen) atoms. The summed E-state index contributed by atoms with van der Waals surface area (Å²) in [6, 6.07) is 0. The van der Waals surface area contributed by atoms with Gasteiger partial charge in [-0.15, -0.1) is 0 Å². The van der Waals surface area contributed by atoms with Crippen molar-refractivity contribution in [2.75, 3.05) is 6.61 Å². The monoisotopic (exact) mass is 532 g/mol. The van der Waals surface area contributed by atoms with Crippen LogP contribution in [0.2, 0.25) is 0 Å². The number of ether oxygens (including phenoxy) is 1. The molecule has 6 heteroatoms. The van der Waals surface area contributed by atoms with Gasteiger partial charge in [0.15, 0.2) is 0 Å². The van der Waals surface area contributed by atoms with Gasteiger partial charge in [0.1, 0.15) is 6.10 Å². The van der Waals surface area contributed by atoms with E-state index < -0.39 is 23.7 Å². The molecule has 0 bridgehead atoms. The highest BCUT2D eigenvalue weighted by molar-refractivity contribution is 5.66. The molecule has 0 aliphatic heterocycles. The zero-order chi connectivity index (χ0) is 28.1. The number of hydrogen-bond acceptors (Lipinski definition) is 6. The number of aliphatic hydroxyl groups excluding tert-OH is 4. The second kappa shape index (κ2) is 9.03.